The predicted molar refractivity (Wildman–Crippen MR) is 467 cm³/mol. The molecule has 0 unspecified atom stereocenters. The highest BCUT2D eigenvalue weighted by molar-refractivity contribution is 9.11. The number of aryl methyl sites for hydroxylation is 1. The number of nitrogens with one attached hydrogen (secondary N) is 4. The number of hydrogen-bond donors (Lipinski definition) is 6. The molecule has 0 atom stereocenters. The van der Waals surface area contributed by atoms with Gasteiger partial charge < -0.3 is 20.9 Å². The largest absolute Gasteiger partial charge is 0.451 e. The molecule has 0 aliphatic heterocycles. The van der Waals surface area contributed by atoms with E-state index in [1.165, 1.54) is 62.0 Å². The fourth-order valence-corrected chi connectivity index (χ4v) is 19.2. The van der Waals surface area contributed by atoms with Crippen LogP contribution in [0.1, 0.15) is 110 Å². The topological polar surface area (TPSA) is 406 Å². The normalized spacial score (nSPS) is 12.0. The molecule has 622 valence electrons. The summed E-state index contributed by atoms with van der Waals surface area (Å²) in [6.45, 7) is 24.3. The van der Waals surface area contributed by atoms with Crippen molar-refractivity contribution in [1.82, 2.24) is 29.1 Å². The summed E-state index contributed by atoms with van der Waals surface area (Å²) in [5, 5.41) is 5.01. The third kappa shape index (κ3) is 31.4. The highest BCUT2D eigenvalue weighted by Gasteiger charge is 2.31. The molecule has 3 aromatic heterocycles. The second-order valence-corrected chi connectivity index (χ2v) is 44.2. The number of anilines is 6. The van der Waals surface area contributed by atoms with Gasteiger partial charge in [0.1, 0.15) is 15.0 Å². The third-order valence-corrected chi connectivity index (χ3v) is 27.1. The lowest BCUT2D eigenvalue weighted by Crippen LogP contribution is -2.40. The van der Waals surface area contributed by atoms with E-state index in [4.69, 9.17) is 27.8 Å². The summed E-state index contributed by atoms with van der Waals surface area (Å²) in [4.78, 5) is 36.0. The van der Waals surface area contributed by atoms with Gasteiger partial charge in [-0.2, -0.15) is 0 Å². The molecule has 28 nitrogen and oxygen atoms in total. The van der Waals surface area contributed by atoms with Crippen molar-refractivity contribution in [3.63, 3.8) is 0 Å². The van der Waals surface area contributed by atoms with Gasteiger partial charge in [0.05, 0.1) is 82.5 Å². The number of nitrogens with zero attached hydrogens (tertiary/aromatic N) is 6. The Morgan fingerprint density at radius 3 is 1.05 bits per heavy atom. The summed E-state index contributed by atoms with van der Waals surface area (Å²) >= 11 is 12.4. The first-order valence-electron chi connectivity index (χ1n) is 33.3. The molecule has 0 saturated heterocycles. The number of ether oxygens (including phenoxy) is 2. The third-order valence-electron chi connectivity index (χ3n) is 14.3. The molecule has 0 saturated carbocycles. The van der Waals surface area contributed by atoms with Crippen molar-refractivity contribution in [2.24, 2.45) is 0 Å². The van der Waals surface area contributed by atoms with E-state index in [0.717, 1.165) is 62.9 Å². The van der Waals surface area contributed by atoms with E-state index in [1.807, 2.05) is 36.4 Å². The Balaban J connectivity index is 0.000000396. The molecule has 6 aromatic carbocycles. The van der Waals surface area contributed by atoms with Gasteiger partial charge in [0, 0.05) is 107 Å². The maximum absolute atomic E-state index is 13.4. The monoisotopic (exact) mass is 1820 g/mol. The summed E-state index contributed by atoms with van der Waals surface area (Å²) in [6.07, 6.45) is 7.27. The molecule has 1 amide bonds. The summed E-state index contributed by atoms with van der Waals surface area (Å²) in [7, 11) is -18.2. The Bertz CT molecular complexity index is 5460. The SMILES string of the molecule is C.C.CC(C)OC(=O)Cl.CC(C)OC(=O)Nc1ccc(-c2ncc(-c3ccc(N(C)S(C)(=O)=O)cc3S(=O)(=O)NC(C)(C)C)s2)cc1.CN(c1ccc(-c2cnc(-c3ccc(N)cc3)s2)c(S(=O)(=O)NC(C)(C)C)c1)S(C)(=O)=O.Cc1ccc(N(C)S(C)(=O)=O)cc1S(=O)(=O)NC(C)(C)C.Nc1ccc(-c2ncc(Br)s2)cc1. The van der Waals surface area contributed by atoms with Crippen LogP contribution in [-0.4, -0.2) is 146 Å². The van der Waals surface area contributed by atoms with Crippen LogP contribution in [0.5, 0.6) is 0 Å². The van der Waals surface area contributed by atoms with Gasteiger partial charge in [0.25, 0.3) is 0 Å². The quantitative estimate of drug-likeness (QED) is 0.0305. The van der Waals surface area contributed by atoms with Gasteiger partial charge in [-0.1, -0.05) is 33.1 Å². The molecule has 0 spiro atoms. The highest BCUT2D eigenvalue weighted by atomic mass is 79.9. The van der Waals surface area contributed by atoms with Gasteiger partial charge in [-0.3, -0.25) is 18.2 Å². The van der Waals surface area contributed by atoms with Crippen LogP contribution in [0, 0.1) is 6.92 Å². The van der Waals surface area contributed by atoms with Crippen molar-refractivity contribution in [2.45, 2.75) is 155 Å². The first kappa shape index (κ1) is 99.5. The molecule has 9 aromatic rings. The van der Waals surface area contributed by atoms with Crippen LogP contribution < -0.4 is 43.9 Å². The molecule has 9 rings (SSSR count). The fourth-order valence-electron chi connectivity index (χ4n) is 9.23. The summed E-state index contributed by atoms with van der Waals surface area (Å²) < 4.78 is 171. The number of carbonyl (C=O) groups is 2. The molecule has 0 radical (unpaired) electrons. The molecular weight excluding hydrogens is 1720 g/mol. The van der Waals surface area contributed by atoms with Gasteiger partial charge in [-0.05, 0) is 228 Å². The average molecular weight is 1820 g/mol. The average Bonchev–Trinajstić information content (AvgIpc) is 1.77. The smallest absolute Gasteiger partial charge is 0.411 e. The van der Waals surface area contributed by atoms with Crippen LogP contribution in [0.25, 0.3) is 52.6 Å². The van der Waals surface area contributed by atoms with Crippen LogP contribution in [0.4, 0.5) is 43.7 Å². The van der Waals surface area contributed by atoms with E-state index >= 15 is 0 Å². The number of rotatable bonds is 20. The zero-order chi connectivity index (χ0) is 84.1. The second-order valence-electron chi connectivity index (χ2n) is 28.4. The van der Waals surface area contributed by atoms with Gasteiger partial charge in [0.2, 0.25) is 60.1 Å². The van der Waals surface area contributed by atoms with E-state index in [-0.39, 0.29) is 53.1 Å². The standard InChI is InChI=1S/C25H32N4O6S3.C21H26N4O4S3.C13H22N2O4S2.C9H7BrN2S.C4H7ClO2.2CH4/c1-16(2)35-24(30)27-18-10-8-17(9-11-18)23-26-15-21(36-23)20-13-12-19(29(6)37(7,31)32)14-22(20)38(33,34)28-25(3,4)5;1-21(2,3)24-32(28,29)19-12-16(25(4)31(5,26)27)10-11-17(19)18-13-23-20(30-18)14-6-8-15(22)9-7-14;1-10-7-8-11(15(5)20(6,16)17)9-12(10)21(18,19)14-13(2,3)4;10-8-5-12-9(13-8)6-1-3-7(11)4-2-6;1-3(2)7-4(5)6;;/h8-16,28H,1-7H3,(H,27,30);6-13,24H,22H2,1-5H3;7-9,14H,1-6H3;1-5H,11H2;3H,1-2H3;2*1H4. The van der Waals surface area contributed by atoms with Crippen LogP contribution in [0.15, 0.2) is 164 Å². The van der Waals surface area contributed by atoms with Crippen molar-refractivity contribution in [2.75, 3.05) is 69.6 Å². The van der Waals surface area contributed by atoms with Gasteiger partial charge in [0.15, 0.2) is 0 Å². The highest BCUT2D eigenvalue weighted by Crippen LogP contribution is 2.41. The lowest BCUT2D eigenvalue weighted by atomic mass is 10.1. The zero-order valence-corrected chi connectivity index (χ0v) is 74.5. The Kier molecular flexibility index (Phi) is 35.4. The van der Waals surface area contributed by atoms with E-state index < -0.39 is 88.3 Å². The van der Waals surface area contributed by atoms with Crippen LogP contribution >= 0.6 is 61.5 Å². The maximum atomic E-state index is 13.4. The van der Waals surface area contributed by atoms with Crippen molar-refractivity contribution in [1.29, 1.82) is 0 Å². The van der Waals surface area contributed by atoms with Gasteiger partial charge >= 0.3 is 11.5 Å². The number of nitrogen functional groups attached to an aromatic ring is 2. The Hall–Kier alpha value is -7.70. The number of hydrogen-bond acceptors (Lipinski definition) is 24. The summed E-state index contributed by atoms with van der Waals surface area (Å²) in [6, 6.07) is 35.5. The number of thiazole rings is 3. The first-order valence-corrected chi connectivity index (χ1v) is 46.9. The van der Waals surface area contributed by atoms with Crippen LogP contribution in [0.3, 0.4) is 0 Å². The molecule has 8 N–H and O–H groups in total. The molecule has 3 heterocycles. The molecule has 0 bridgehead atoms. The lowest BCUT2D eigenvalue weighted by molar-refractivity contribution is 0.130. The minimum absolute atomic E-state index is 0. The number of carbonyl (C=O) groups excluding carboxylic acids is 2. The number of benzene rings is 6. The number of sulfonamides is 6. The minimum Gasteiger partial charge on any atom is -0.451 e. The van der Waals surface area contributed by atoms with E-state index in [0.29, 0.717) is 53.5 Å². The first-order chi connectivity index (χ1) is 50.7. The molecular formula is C74H102BrClN12O16S9. The Morgan fingerprint density at radius 1 is 0.460 bits per heavy atom. The Labute approximate surface area is 693 Å². The predicted octanol–water partition coefficient (Wildman–Crippen LogP) is 16.1. The maximum Gasteiger partial charge on any atom is 0.411 e. The number of amides is 1. The second kappa shape index (κ2) is 40.2. The number of nitrogens with two attached hydrogens (primary N) is 2. The van der Waals surface area contributed by atoms with E-state index in [2.05, 4.69) is 55.1 Å². The van der Waals surface area contributed by atoms with E-state index in [9.17, 15) is 60.1 Å². The minimum atomic E-state index is -4.02. The Morgan fingerprint density at radius 2 is 0.761 bits per heavy atom. The zero-order valence-electron chi connectivity index (χ0n) is 64.8. The van der Waals surface area contributed by atoms with Crippen molar-refractivity contribution in [3.8, 4) is 52.6 Å². The van der Waals surface area contributed by atoms with E-state index in [1.54, 1.807) is 200 Å². The van der Waals surface area contributed by atoms with Crippen LogP contribution in [0.2, 0.25) is 0 Å². The molecule has 0 fully saturated rings. The van der Waals surface area contributed by atoms with Crippen molar-refractivity contribution in [3.05, 3.63) is 155 Å². The fraction of sp³-hybridized carbons (Fsp3) is 0.365. The summed E-state index contributed by atoms with van der Waals surface area (Å²) in [5.41, 5.74) is 15.3. The van der Waals surface area contributed by atoms with Gasteiger partial charge in [-0.25, -0.2) is 89.2 Å². The van der Waals surface area contributed by atoms with Crippen molar-refractivity contribution < 1.29 is 69.6 Å². The molecule has 113 heavy (non-hydrogen) atoms. The summed E-state index contributed by atoms with van der Waals surface area (Å²) in [5.74, 6) is 0. The van der Waals surface area contributed by atoms with Crippen molar-refractivity contribution >= 4 is 167 Å². The molecule has 0 aliphatic rings. The molecule has 0 aliphatic carbocycles. The molecule has 39 heteroatoms. The van der Waals surface area contributed by atoms with Gasteiger partial charge in [-0.15, -0.1) is 34.0 Å². The number of halogens is 2. The van der Waals surface area contributed by atoms with Crippen LogP contribution in [-0.2, 0) is 69.6 Å². The lowest BCUT2D eigenvalue weighted by Gasteiger charge is -2.23. The number of aromatic nitrogens is 3.